The molecular formula is C19H20FN3O. The zero-order valence-corrected chi connectivity index (χ0v) is 13.8. The van der Waals surface area contributed by atoms with E-state index in [1.165, 1.54) is 0 Å². The van der Waals surface area contributed by atoms with Crippen LogP contribution in [0.2, 0.25) is 0 Å². The first-order valence-corrected chi connectivity index (χ1v) is 7.45. The molecule has 2 N–H and O–H groups in total. The highest BCUT2D eigenvalue weighted by atomic mass is 19.1. The predicted octanol–water partition coefficient (Wildman–Crippen LogP) is 4.70. The van der Waals surface area contributed by atoms with E-state index in [0.29, 0.717) is 29.3 Å². The molecule has 0 bridgehead atoms. The van der Waals surface area contributed by atoms with E-state index in [1.807, 2.05) is 43.3 Å². The smallest absolute Gasteiger partial charge is 0.193 e. The number of nitrogens with zero attached hydrogens (tertiary/aromatic N) is 2. The first kappa shape index (κ1) is 17.5. The Bertz CT molecular complexity index is 794. The van der Waals surface area contributed by atoms with Crippen molar-refractivity contribution in [3.8, 4) is 11.5 Å². The van der Waals surface area contributed by atoms with Crippen molar-refractivity contribution in [3.63, 3.8) is 0 Å². The number of hydrogen-bond acceptors (Lipinski definition) is 3. The molecule has 24 heavy (non-hydrogen) atoms. The van der Waals surface area contributed by atoms with Crippen LogP contribution in [0.1, 0.15) is 11.1 Å². The molecule has 0 saturated heterocycles. The maximum atomic E-state index is 13.3. The maximum absolute atomic E-state index is 13.3. The Labute approximate surface area is 141 Å². The topological polar surface area (TPSA) is 42.8 Å². The lowest BCUT2D eigenvalue weighted by molar-refractivity contribution is 0.389. The molecule has 0 aliphatic carbocycles. The van der Waals surface area contributed by atoms with Gasteiger partial charge in [0.2, 0.25) is 0 Å². The van der Waals surface area contributed by atoms with E-state index in [-0.39, 0.29) is 12.1 Å². The molecule has 0 aliphatic heterocycles. The number of halogens is 1. The van der Waals surface area contributed by atoms with Crippen molar-refractivity contribution in [1.82, 2.24) is 4.90 Å². The number of nitrogen functional groups attached to an aromatic ring is 1. The third-order valence-corrected chi connectivity index (χ3v) is 3.46. The van der Waals surface area contributed by atoms with Gasteiger partial charge in [0.05, 0.1) is 18.1 Å². The highest BCUT2D eigenvalue weighted by molar-refractivity contribution is 5.71. The van der Waals surface area contributed by atoms with Crippen LogP contribution in [0, 0.1) is 6.57 Å². The summed E-state index contributed by atoms with van der Waals surface area (Å²) in [6, 6.07) is 10.9. The van der Waals surface area contributed by atoms with Crippen molar-refractivity contribution >= 4 is 11.4 Å². The largest absolute Gasteiger partial charge is 0.455 e. The first-order valence-electron chi connectivity index (χ1n) is 7.45. The van der Waals surface area contributed by atoms with Gasteiger partial charge < -0.3 is 15.4 Å². The Kier molecular flexibility index (Phi) is 5.56. The number of allylic oxidation sites excluding steroid dienone is 1. The second kappa shape index (κ2) is 7.62. The summed E-state index contributed by atoms with van der Waals surface area (Å²) in [7, 11) is 3.95. The van der Waals surface area contributed by atoms with E-state index in [4.69, 9.17) is 17.0 Å². The minimum absolute atomic E-state index is 0.0971. The fraction of sp³-hybridized carbons (Fsp3) is 0.211. The summed E-state index contributed by atoms with van der Waals surface area (Å²) in [5, 5.41) is 0. The summed E-state index contributed by atoms with van der Waals surface area (Å²) in [5.74, 6) is 0.542. The molecule has 0 fully saturated rings. The summed E-state index contributed by atoms with van der Waals surface area (Å²) in [6.07, 6.45) is -0.0971. The summed E-state index contributed by atoms with van der Waals surface area (Å²) >= 11 is 0. The van der Waals surface area contributed by atoms with Gasteiger partial charge in [0.15, 0.2) is 5.69 Å². The van der Waals surface area contributed by atoms with Crippen LogP contribution in [-0.2, 0) is 13.0 Å². The van der Waals surface area contributed by atoms with Crippen molar-refractivity contribution in [2.75, 3.05) is 19.8 Å². The van der Waals surface area contributed by atoms with Crippen LogP contribution in [0.4, 0.5) is 15.8 Å². The van der Waals surface area contributed by atoms with Crippen LogP contribution < -0.4 is 10.5 Å². The van der Waals surface area contributed by atoms with Crippen molar-refractivity contribution in [2.45, 2.75) is 13.0 Å². The molecule has 2 aromatic carbocycles. The zero-order valence-electron chi connectivity index (χ0n) is 13.8. The molecule has 0 spiro atoms. The molecule has 0 unspecified atom stereocenters. The number of nitrogens with two attached hydrogens (primary N) is 1. The Morgan fingerprint density at radius 1 is 1.25 bits per heavy atom. The maximum Gasteiger partial charge on any atom is 0.193 e. The van der Waals surface area contributed by atoms with E-state index in [1.54, 1.807) is 12.1 Å². The van der Waals surface area contributed by atoms with Gasteiger partial charge in [-0.2, -0.15) is 0 Å². The molecule has 2 rings (SSSR count). The fourth-order valence-corrected chi connectivity index (χ4v) is 2.40. The number of benzene rings is 2. The minimum atomic E-state index is -0.545. The van der Waals surface area contributed by atoms with Crippen LogP contribution in [0.15, 0.2) is 48.8 Å². The van der Waals surface area contributed by atoms with E-state index in [9.17, 15) is 4.39 Å². The number of rotatable bonds is 6. The van der Waals surface area contributed by atoms with Gasteiger partial charge in [0.25, 0.3) is 0 Å². The first-order chi connectivity index (χ1) is 11.4. The Morgan fingerprint density at radius 2 is 1.96 bits per heavy atom. The van der Waals surface area contributed by atoms with E-state index < -0.39 is 5.83 Å². The molecular weight excluding hydrogens is 305 g/mol. The summed E-state index contributed by atoms with van der Waals surface area (Å²) in [5.41, 5.74) is 8.10. The molecule has 0 heterocycles. The molecule has 0 amide bonds. The normalized spacial score (nSPS) is 10.5. The average Bonchev–Trinajstić information content (AvgIpc) is 2.52. The third kappa shape index (κ3) is 4.12. The molecule has 0 aromatic heterocycles. The molecule has 4 nitrogen and oxygen atoms in total. The molecule has 0 radical (unpaired) electrons. The van der Waals surface area contributed by atoms with Gasteiger partial charge in [-0.05, 0) is 31.8 Å². The van der Waals surface area contributed by atoms with Crippen molar-refractivity contribution in [2.24, 2.45) is 0 Å². The Hall–Kier alpha value is -2.84. The van der Waals surface area contributed by atoms with Crippen molar-refractivity contribution in [3.05, 3.63) is 71.3 Å². The van der Waals surface area contributed by atoms with E-state index in [2.05, 4.69) is 11.4 Å². The number of ether oxygens (including phenoxy) is 1. The van der Waals surface area contributed by atoms with E-state index >= 15 is 0 Å². The van der Waals surface area contributed by atoms with Crippen LogP contribution in [0.25, 0.3) is 4.85 Å². The van der Waals surface area contributed by atoms with Gasteiger partial charge in [0, 0.05) is 18.5 Å². The lowest BCUT2D eigenvalue weighted by atomic mass is 10.1. The van der Waals surface area contributed by atoms with Gasteiger partial charge in [-0.3, -0.25) is 0 Å². The Morgan fingerprint density at radius 3 is 2.58 bits per heavy atom. The lowest BCUT2D eigenvalue weighted by Crippen LogP contribution is -2.11. The second-order valence-corrected chi connectivity index (χ2v) is 5.73. The minimum Gasteiger partial charge on any atom is -0.455 e. The van der Waals surface area contributed by atoms with Crippen LogP contribution >= 0.6 is 0 Å². The quantitative estimate of drug-likeness (QED) is 0.618. The van der Waals surface area contributed by atoms with Gasteiger partial charge >= 0.3 is 0 Å². The Balaban J connectivity index is 2.41. The molecule has 0 saturated carbocycles. The summed E-state index contributed by atoms with van der Waals surface area (Å²) in [4.78, 5) is 5.42. The second-order valence-electron chi connectivity index (χ2n) is 5.73. The molecule has 0 atom stereocenters. The average molecular weight is 325 g/mol. The summed E-state index contributed by atoms with van der Waals surface area (Å²) in [6.45, 7) is 11.2. The number of hydrogen-bond donors (Lipinski definition) is 1. The third-order valence-electron chi connectivity index (χ3n) is 3.46. The van der Waals surface area contributed by atoms with E-state index in [0.717, 1.165) is 5.56 Å². The van der Waals surface area contributed by atoms with Crippen molar-refractivity contribution < 1.29 is 9.13 Å². The van der Waals surface area contributed by atoms with Crippen LogP contribution in [-0.4, -0.2) is 19.0 Å². The van der Waals surface area contributed by atoms with Gasteiger partial charge in [-0.15, -0.1) is 0 Å². The highest BCUT2D eigenvalue weighted by Crippen LogP contribution is 2.38. The van der Waals surface area contributed by atoms with Gasteiger partial charge in [-0.25, -0.2) is 9.24 Å². The van der Waals surface area contributed by atoms with Crippen LogP contribution in [0.5, 0.6) is 11.5 Å². The standard InChI is InChI=1S/C19H20FN3O/c1-13(20)11-15-16(22-2)9-10-18(19(15)21)24-17-8-6-5-7-14(17)12-23(3)4/h5-10H,1,11-12,21H2,3-4H3. The monoisotopic (exact) mass is 325 g/mol. The van der Waals surface area contributed by atoms with Gasteiger partial charge in [0.1, 0.15) is 11.5 Å². The molecule has 0 aliphatic rings. The number of para-hydroxylation sites is 1. The lowest BCUT2D eigenvalue weighted by Gasteiger charge is -2.17. The number of anilines is 1. The molecule has 124 valence electrons. The fourth-order valence-electron chi connectivity index (χ4n) is 2.40. The van der Waals surface area contributed by atoms with Crippen LogP contribution in [0.3, 0.4) is 0 Å². The zero-order chi connectivity index (χ0) is 17.7. The van der Waals surface area contributed by atoms with Crippen molar-refractivity contribution in [1.29, 1.82) is 0 Å². The molecule has 2 aromatic rings. The SMILES string of the molecule is [C-]#[N+]c1ccc(Oc2ccccc2CN(C)C)c(N)c1CC(=C)F. The predicted molar refractivity (Wildman–Crippen MR) is 95.0 cm³/mol. The summed E-state index contributed by atoms with van der Waals surface area (Å²) < 4.78 is 19.2. The highest BCUT2D eigenvalue weighted by Gasteiger charge is 2.15. The molecule has 5 heteroatoms. The van der Waals surface area contributed by atoms with Gasteiger partial charge in [-0.1, -0.05) is 30.8 Å².